The molecule has 0 aliphatic heterocycles. The van der Waals surface area contributed by atoms with Crippen molar-refractivity contribution in [1.82, 2.24) is 19.3 Å². The number of fused-ring (bicyclic) bond motifs is 2. The number of aliphatic carboxylic acids is 1. The number of carboxylic acid groups (broad SMARTS) is 1. The molecule has 0 saturated carbocycles. The fraction of sp³-hybridized carbons (Fsp3) is 0.355. The topological polar surface area (TPSA) is 118 Å². The summed E-state index contributed by atoms with van der Waals surface area (Å²) in [6.07, 6.45) is -7.28. The van der Waals surface area contributed by atoms with Crippen LogP contribution >= 0.6 is 0 Å². The Bertz CT molecular complexity index is 1960. The van der Waals surface area contributed by atoms with E-state index in [1.807, 2.05) is 10.6 Å². The Morgan fingerprint density at radius 2 is 1.73 bits per heavy atom. The first-order valence-corrected chi connectivity index (χ1v) is 14.6. The van der Waals surface area contributed by atoms with Gasteiger partial charge in [0.2, 0.25) is 0 Å². The van der Waals surface area contributed by atoms with Crippen LogP contribution in [0.3, 0.4) is 0 Å². The first kappa shape index (κ1) is 34.4. The number of imidazole rings is 1. The quantitative estimate of drug-likeness (QED) is 0.196. The predicted molar refractivity (Wildman–Crippen MR) is 156 cm³/mol. The molecule has 2 atom stereocenters. The number of anilines is 1. The SMILES string of the molecule is CC[C@@H](Nc1cc(F)c(C(=O)N[C@@H](Cc2ccc(-c3c(C(F)(F)F)c4c(n(C)c3=O)CCC4)c3nccn23)C(=O)O)c(F)c1)C(F)(F)F. The fourth-order valence-corrected chi connectivity index (χ4v) is 6.04. The van der Waals surface area contributed by atoms with Gasteiger partial charge in [0.1, 0.15) is 34.9 Å². The van der Waals surface area contributed by atoms with Gasteiger partial charge in [0.05, 0.1) is 11.1 Å². The van der Waals surface area contributed by atoms with Crippen LogP contribution in [0.15, 0.2) is 41.5 Å². The Balaban J connectivity index is 1.47. The first-order valence-electron chi connectivity index (χ1n) is 14.6. The van der Waals surface area contributed by atoms with Gasteiger partial charge in [0, 0.05) is 48.5 Å². The molecule has 1 aromatic carbocycles. The van der Waals surface area contributed by atoms with Gasteiger partial charge in [0.15, 0.2) is 0 Å². The number of halogens is 8. The second-order valence-corrected chi connectivity index (χ2v) is 11.3. The average molecular weight is 686 g/mol. The zero-order valence-electron chi connectivity index (χ0n) is 25.2. The van der Waals surface area contributed by atoms with Gasteiger partial charge in [-0.1, -0.05) is 6.92 Å². The van der Waals surface area contributed by atoms with Crippen LogP contribution in [-0.2, 0) is 37.3 Å². The van der Waals surface area contributed by atoms with Crippen molar-refractivity contribution < 1.29 is 49.8 Å². The van der Waals surface area contributed by atoms with E-state index in [0.29, 0.717) is 25.0 Å². The van der Waals surface area contributed by atoms with Crippen molar-refractivity contribution in [3.8, 4) is 11.1 Å². The minimum absolute atomic E-state index is 0.0100. The van der Waals surface area contributed by atoms with E-state index >= 15 is 0 Å². The van der Waals surface area contributed by atoms with Crippen LogP contribution < -0.4 is 16.2 Å². The van der Waals surface area contributed by atoms with Gasteiger partial charge >= 0.3 is 18.3 Å². The minimum Gasteiger partial charge on any atom is -0.480 e. The van der Waals surface area contributed by atoms with Crippen LogP contribution in [-0.4, -0.2) is 49.2 Å². The number of nitrogens with one attached hydrogen (secondary N) is 2. The summed E-state index contributed by atoms with van der Waals surface area (Å²) in [7, 11) is 1.38. The number of aromatic nitrogens is 3. The molecule has 0 radical (unpaired) electrons. The molecule has 4 aromatic rings. The van der Waals surface area contributed by atoms with E-state index in [1.54, 1.807) is 0 Å². The van der Waals surface area contributed by atoms with Crippen molar-refractivity contribution in [3.05, 3.63) is 86.7 Å². The number of nitrogens with zero attached hydrogens (tertiary/aromatic N) is 3. The smallest absolute Gasteiger partial charge is 0.417 e. The van der Waals surface area contributed by atoms with Crippen molar-refractivity contribution in [2.24, 2.45) is 7.05 Å². The highest BCUT2D eigenvalue weighted by atomic mass is 19.4. The monoisotopic (exact) mass is 685 g/mol. The maximum atomic E-state index is 14.8. The summed E-state index contributed by atoms with van der Waals surface area (Å²) in [5.74, 6) is -6.30. The molecule has 0 spiro atoms. The summed E-state index contributed by atoms with van der Waals surface area (Å²) in [5.41, 5.74) is -4.34. The van der Waals surface area contributed by atoms with Crippen LogP contribution in [0.25, 0.3) is 16.8 Å². The molecule has 256 valence electrons. The van der Waals surface area contributed by atoms with Crippen LogP contribution in [0, 0.1) is 11.6 Å². The van der Waals surface area contributed by atoms with Crippen LogP contribution in [0.1, 0.15) is 52.6 Å². The number of pyridine rings is 2. The Morgan fingerprint density at radius 1 is 1.06 bits per heavy atom. The second kappa shape index (κ2) is 12.6. The molecule has 1 aliphatic carbocycles. The molecule has 0 saturated heterocycles. The normalized spacial score (nSPS) is 14.5. The molecule has 0 unspecified atom stereocenters. The number of hydrogen-bond acceptors (Lipinski definition) is 5. The number of hydrogen-bond donors (Lipinski definition) is 3. The van der Waals surface area contributed by atoms with Crippen molar-refractivity contribution in [1.29, 1.82) is 0 Å². The first-order chi connectivity index (χ1) is 22.4. The minimum atomic E-state index is -4.88. The van der Waals surface area contributed by atoms with Gasteiger partial charge in [-0.2, -0.15) is 26.3 Å². The van der Waals surface area contributed by atoms with Gasteiger partial charge < -0.3 is 24.7 Å². The fourth-order valence-electron chi connectivity index (χ4n) is 6.04. The summed E-state index contributed by atoms with van der Waals surface area (Å²) in [6, 6.07) is -0.626. The molecule has 1 aliphatic rings. The zero-order chi connectivity index (χ0) is 35.3. The molecule has 0 bridgehead atoms. The highest BCUT2D eigenvalue weighted by Gasteiger charge is 2.42. The lowest BCUT2D eigenvalue weighted by atomic mass is 9.95. The molecule has 9 nitrogen and oxygen atoms in total. The third-order valence-electron chi connectivity index (χ3n) is 8.28. The molecule has 3 aromatic heterocycles. The molecule has 48 heavy (non-hydrogen) atoms. The molecule has 17 heteroatoms. The van der Waals surface area contributed by atoms with E-state index in [0.717, 1.165) is 0 Å². The lowest BCUT2D eigenvalue weighted by Crippen LogP contribution is -2.43. The number of carboxylic acids is 1. The average Bonchev–Trinajstić information content (AvgIpc) is 3.67. The van der Waals surface area contributed by atoms with Crippen molar-refractivity contribution in [2.75, 3.05) is 5.32 Å². The van der Waals surface area contributed by atoms with Crippen molar-refractivity contribution in [2.45, 2.75) is 63.5 Å². The number of benzene rings is 1. The van der Waals surface area contributed by atoms with Crippen LogP contribution in [0.5, 0.6) is 0 Å². The molecule has 1 amide bonds. The predicted octanol–water partition coefficient (Wildman–Crippen LogP) is 5.66. The summed E-state index contributed by atoms with van der Waals surface area (Å²) in [5, 5.41) is 13.8. The number of alkyl halides is 6. The summed E-state index contributed by atoms with van der Waals surface area (Å²) >= 11 is 0. The third-order valence-corrected chi connectivity index (χ3v) is 8.28. The summed E-state index contributed by atoms with van der Waals surface area (Å²) < 4.78 is 115. The van der Waals surface area contributed by atoms with E-state index in [9.17, 15) is 54.6 Å². The summed E-state index contributed by atoms with van der Waals surface area (Å²) in [4.78, 5) is 42.5. The highest BCUT2D eigenvalue weighted by molar-refractivity contribution is 5.97. The Morgan fingerprint density at radius 3 is 2.31 bits per heavy atom. The standard InChI is InChI=1S/C31H27F8N5O4/c1-3-22(30(34,35)36)41-14-11-18(32)24(19(33)12-14)27(45)42-20(29(47)48)13-15-7-8-17(26-40-9-10-44(15)26)23-25(31(37,38)39)16-5-4-6-21(16)43(2)28(23)46/h7-12,20,22,41H,3-6,13H2,1-2H3,(H,42,45)(H,47,48)/t20-,22+/m0/s1. The number of rotatable bonds is 9. The Labute approximate surface area is 266 Å². The van der Waals surface area contributed by atoms with Gasteiger partial charge in [-0.15, -0.1) is 0 Å². The molecule has 3 N–H and O–H groups in total. The lowest BCUT2D eigenvalue weighted by Gasteiger charge is -2.22. The maximum Gasteiger partial charge on any atom is 0.417 e. The maximum absolute atomic E-state index is 14.8. The number of amides is 1. The lowest BCUT2D eigenvalue weighted by molar-refractivity contribution is -0.143. The molecular formula is C31H27F8N5O4. The molecule has 0 fully saturated rings. The van der Waals surface area contributed by atoms with Gasteiger partial charge in [-0.05, 0) is 55.5 Å². The second-order valence-electron chi connectivity index (χ2n) is 11.3. The summed E-state index contributed by atoms with van der Waals surface area (Å²) in [6.45, 7) is 1.20. The molecule has 5 rings (SSSR count). The highest BCUT2D eigenvalue weighted by Crippen LogP contribution is 2.42. The number of carbonyl (C=O) groups is 2. The van der Waals surface area contributed by atoms with E-state index < -0.39 is 88.7 Å². The van der Waals surface area contributed by atoms with Gasteiger partial charge in [0.25, 0.3) is 11.5 Å². The van der Waals surface area contributed by atoms with E-state index in [4.69, 9.17) is 0 Å². The zero-order valence-corrected chi connectivity index (χ0v) is 25.2. The van der Waals surface area contributed by atoms with Crippen LogP contribution in [0.4, 0.5) is 40.8 Å². The van der Waals surface area contributed by atoms with Crippen molar-refractivity contribution in [3.63, 3.8) is 0 Å². The van der Waals surface area contributed by atoms with Gasteiger partial charge in [-0.25, -0.2) is 18.6 Å². The molecule has 3 heterocycles. The third kappa shape index (κ3) is 6.32. The van der Waals surface area contributed by atoms with E-state index in [2.05, 4.69) is 4.98 Å². The van der Waals surface area contributed by atoms with E-state index in [-0.39, 0.29) is 34.6 Å². The van der Waals surface area contributed by atoms with Crippen molar-refractivity contribution >= 4 is 23.2 Å². The number of carbonyl (C=O) groups excluding carboxylic acids is 1. The Kier molecular flexibility index (Phi) is 9.01. The largest absolute Gasteiger partial charge is 0.480 e. The van der Waals surface area contributed by atoms with Gasteiger partial charge in [-0.3, -0.25) is 9.59 Å². The Hall–Kier alpha value is -4.96. The molecular weight excluding hydrogens is 658 g/mol. The van der Waals surface area contributed by atoms with Crippen LogP contribution in [0.2, 0.25) is 0 Å². The van der Waals surface area contributed by atoms with E-state index in [1.165, 1.54) is 47.5 Å².